The Morgan fingerprint density at radius 1 is 1.00 bits per heavy atom. The minimum Gasteiger partial charge on any atom is -0.508 e. The minimum absolute atomic E-state index is 0.0180. The number of ketones is 2. The lowest BCUT2D eigenvalue weighted by atomic mass is 9.89. The number of hydrogen-bond acceptors (Lipinski definition) is 13. The van der Waals surface area contributed by atoms with Crippen LogP contribution in [0.3, 0.4) is 0 Å². The maximum Gasteiger partial charge on any atom is 0.168 e. The summed E-state index contributed by atoms with van der Waals surface area (Å²) in [6.45, 7) is 1.91. The first-order valence-electron chi connectivity index (χ1n) is 20.6. The van der Waals surface area contributed by atoms with Gasteiger partial charge in [-0.1, -0.05) is 64.8 Å². The van der Waals surface area contributed by atoms with Crippen LogP contribution in [0.1, 0.15) is 99.6 Å². The van der Waals surface area contributed by atoms with Crippen LogP contribution >= 0.6 is 21.6 Å². The lowest BCUT2D eigenvalue weighted by molar-refractivity contribution is -0.124. The summed E-state index contributed by atoms with van der Waals surface area (Å²) in [7, 11) is 4.66. The molecule has 2 aliphatic rings. The van der Waals surface area contributed by atoms with Crippen LogP contribution in [0.2, 0.25) is 0 Å². The minimum atomic E-state index is -0.665. The number of rotatable bonds is 13. The van der Waals surface area contributed by atoms with Crippen molar-refractivity contribution in [3.8, 4) is 28.4 Å². The number of methoxy groups -OCH3 is 1. The van der Waals surface area contributed by atoms with Crippen LogP contribution in [-0.4, -0.2) is 80.9 Å². The summed E-state index contributed by atoms with van der Waals surface area (Å²) in [5.41, 5.74) is 4.66. The van der Waals surface area contributed by atoms with Gasteiger partial charge in [-0.15, -0.1) is 0 Å². The Morgan fingerprint density at radius 2 is 1.80 bits per heavy atom. The van der Waals surface area contributed by atoms with Crippen LogP contribution in [0.25, 0.3) is 21.9 Å². The summed E-state index contributed by atoms with van der Waals surface area (Å²) < 4.78 is 12.6. The van der Waals surface area contributed by atoms with Crippen LogP contribution < -0.4 is 15.4 Å². The lowest BCUT2D eigenvalue weighted by Crippen LogP contribution is -2.32. The van der Waals surface area contributed by atoms with E-state index in [4.69, 9.17) is 9.47 Å². The molecular formula is C46H58N2O9S2. The third kappa shape index (κ3) is 11.9. The molecule has 1 aliphatic carbocycles. The van der Waals surface area contributed by atoms with E-state index < -0.39 is 24.0 Å². The first-order valence-corrected chi connectivity index (χ1v) is 23.1. The number of hydrogen-bond donors (Lipinski definition) is 7. The standard InChI is InChI=1S/C46H58N2O9S2/c1-29(50)25-48-41-16-9-32(22-33(41)26-49)45(47-21-5-20-46(55)18-3-4-19-46)57-37-14-13-36(53)27-58-59-28-40-38(15-8-30-6-11-35(52)24-39(30)40)43-31(7-12-34(51)23-37)10-17-42(54)44(43)56-2/h6,8-11,15-17,22,24,36-37,45,47-49,52-55H,3-5,7,12-14,18-21,23,25-28H2,1-2H3/t36-,37-,45-/m0/s1. The number of phenolic OH excluding ortho intramolecular Hbond substituents is 2. The number of nitrogens with one attached hydrogen (secondary N) is 2. The van der Waals surface area contributed by atoms with Gasteiger partial charge in [0.25, 0.3) is 0 Å². The van der Waals surface area contributed by atoms with E-state index in [0.717, 1.165) is 65.1 Å². The van der Waals surface area contributed by atoms with E-state index in [0.29, 0.717) is 66.3 Å². The molecule has 11 nitrogen and oxygen atoms in total. The van der Waals surface area contributed by atoms with Crippen molar-refractivity contribution in [3.05, 3.63) is 82.9 Å². The maximum atomic E-state index is 14.0. The molecule has 59 heavy (non-hydrogen) atoms. The summed E-state index contributed by atoms with van der Waals surface area (Å²) >= 11 is 0. The smallest absolute Gasteiger partial charge is 0.168 e. The molecule has 13 heteroatoms. The van der Waals surface area contributed by atoms with E-state index in [-0.39, 0.29) is 49.1 Å². The molecule has 4 aromatic rings. The quantitative estimate of drug-likeness (QED) is 0.0391. The molecule has 6 rings (SSSR count). The molecule has 1 aliphatic heterocycles. The largest absolute Gasteiger partial charge is 0.508 e. The number of carbonyl (C=O) groups excluding carboxylic acids is 2. The first-order chi connectivity index (χ1) is 28.5. The third-order valence-electron chi connectivity index (χ3n) is 11.5. The van der Waals surface area contributed by atoms with E-state index in [2.05, 4.69) is 10.6 Å². The van der Waals surface area contributed by atoms with Crippen molar-refractivity contribution in [2.45, 2.75) is 114 Å². The Hall–Kier alpha value is -3.82. The monoisotopic (exact) mass is 846 g/mol. The van der Waals surface area contributed by atoms with Crippen molar-refractivity contribution in [1.82, 2.24) is 5.32 Å². The first kappa shape index (κ1) is 44.7. The van der Waals surface area contributed by atoms with Crippen LogP contribution in [0.5, 0.6) is 17.2 Å². The Balaban J connectivity index is 1.28. The number of aryl methyl sites for hydroxylation is 1. The summed E-state index contributed by atoms with van der Waals surface area (Å²) in [4.78, 5) is 25.7. The molecule has 3 atom stereocenters. The van der Waals surface area contributed by atoms with E-state index in [1.165, 1.54) is 14.0 Å². The normalized spacial score (nSPS) is 19.5. The van der Waals surface area contributed by atoms with Crippen molar-refractivity contribution in [2.24, 2.45) is 0 Å². The number of fused-ring (bicyclic) bond motifs is 5. The number of benzene rings is 4. The summed E-state index contributed by atoms with van der Waals surface area (Å²) in [5, 5.41) is 62.4. The highest BCUT2D eigenvalue weighted by molar-refractivity contribution is 8.76. The van der Waals surface area contributed by atoms with E-state index in [1.54, 1.807) is 39.8 Å². The fourth-order valence-corrected chi connectivity index (χ4v) is 10.6. The topological polar surface area (TPSA) is 178 Å². The zero-order chi connectivity index (χ0) is 41.9. The summed E-state index contributed by atoms with van der Waals surface area (Å²) in [6.07, 6.45) is 4.66. The zero-order valence-electron chi connectivity index (χ0n) is 34.0. The molecule has 0 unspecified atom stereocenters. The highest BCUT2D eigenvalue weighted by Crippen LogP contribution is 2.46. The van der Waals surface area contributed by atoms with Gasteiger partial charge >= 0.3 is 0 Å². The molecule has 0 saturated heterocycles. The molecule has 0 aromatic heterocycles. The van der Waals surface area contributed by atoms with Crippen molar-refractivity contribution < 1.29 is 44.6 Å². The van der Waals surface area contributed by atoms with Crippen molar-refractivity contribution in [2.75, 3.05) is 31.3 Å². The predicted molar refractivity (Wildman–Crippen MR) is 236 cm³/mol. The SMILES string of the molecule is COc1c(O)ccc2c1-c1ccc3ccc(O)cc3c1CSSC[C@@H](O)CC[C@H](O[C@H](NCCCC1(O)CCCC1)c1ccc(NCC(C)=O)c(CO)c1)CC(=O)CC2. The number of phenols is 2. The number of anilines is 1. The number of Topliss-reactive ketones (excluding diaryl/α,β-unsaturated/α-hetero) is 2. The molecule has 1 saturated carbocycles. The van der Waals surface area contributed by atoms with Crippen LogP contribution in [0.4, 0.5) is 5.69 Å². The molecule has 0 spiro atoms. The van der Waals surface area contributed by atoms with Gasteiger partial charge in [0, 0.05) is 41.2 Å². The van der Waals surface area contributed by atoms with E-state index in [9.17, 15) is 35.1 Å². The van der Waals surface area contributed by atoms with Gasteiger partial charge in [0.2, 0.25) is 0 Å². The zero-order valence-corrected chi connectivity index (χ0v) is 35.6. The Kier molecular flexibility index (Phi) is 16.0. The molecule has 1 heterocycles. The van der Waals surface area contributed by atoms with E-state index in [1.807, 2.05) is 42.5 Å². The van der Waals surface area contributed by atoms with Gasteiger partial charge in [-0.05, 0) is 122 Å². The molecule has 0 amide bonds. The van der Waals surface area contributed by atoms with Crippen LogP contribution in [0, 0.1) is 0 Å². The highest BCUT2D eigenvalue weighted by atomic mass is 33.1. The van der Waals surface area contributed by atoms with Gasteiger partial charge < -0.3 is 40.3 Å². The predicted octanol–water partition coefficient (Wildman–Crippen LogP) is 8.11. The Bertz CT molecular complexity index is 2070. The summed E-state index contributed by atoms with van der Waals surface area (Å²) in [6, 6.07) is 18.2. The van der Waals surface area contributed by atoms with Gasteiger partial charge in [0.1, 0.15) is 23.5 Å². The Morgan fingerprint density at radius 3 is 2.56 bits per heavy atom. The lowest BCUT2D eigenvalue weighted by Gasteiger charge is -2.28. The number of carbonyl (C=O) groups is 2. The number of aliphatic hydroxyl groups is 3. The third-order valence-corrected chi connectivity index (χ3v) is 13.8. The number of aromatic hydroxyl groups is 2. The highest BCUT2D eigenvalue weighted by Gasteiger charge is 2.31. The molecule has 4 aromatic carbocycles. The Labute approximate surface area is 354 Å². The summed E-state index contributed by atoms with van der Waals surface area (Å²) in [5.74, 6) is 1.36. The molecule has 1 fully saturated rings. The molecule has 0 radical (unpaired) electrons. The number of aliphatic hydroxyl groups excluding tert-OH is 2. The second kappa shape index (κ2) is 21.1. The van der Waals surface area contributed by atoms with Crippen molar-refractivity contribution >= 4 is 49.6 Å². The van der Waals surface area contributed by atoms with Crippen molar-refractivity contribution in [3.63, 3.8) is 0 Å². The van der Waals surface area contributed by atoms with E-state index >= 15 is 0 Å². The maximum absolute atomic E-state index is 14.0. The second-order valence-corrected chi connectivity index (χ2v) is 18.4. The van der Waals surface area contributed by atoms with Gasteiger partial charge in [-0.2, -0.15) is 0 Å². The van der Waals surface area contributed by atoms with Crippen molar-refractivity contribution in [1.29, 1.82) is 0 Å². The fraction of sp³-hybridized carbons (Fsp3) is 0.478. The van der Waals surface area contributed by atoms with Crippen LogP contribution in [-0.2, 0) is 33.1 Å². The van der Waals surface area contributed by atoms with Gasteiger partial charge in [-0.25, -0.2) is 0 Å². The molecular weight excluding hydrogens is 789 g/mol. The number of ether oxygens (including phenoxy) is 2. The average Bonchev–Trinajstić information content (AvgIpc) is 3.66. The van der Waals surface area contributed by atoms with Gasteiger partial charge in [0.15, 0.2) is 11.5 Å². The fourth-order valence-electron chi connectivity index (χ4n) is 8.29. The molecule has 318 valence electrons. The molecule has 7 N–H and O–H groups in total. The second-order valence-electron chi connectivity index (χ2n) is 15.9. The van der Waals surface area contributed by atoms with Gasteiger partial charge in [0.05, 0.1) is 38.1 Å². The molecule has 0 bridgehead atoms. The average molecular weight is 847 g/mol. The van der Waals surface area contributed by atoms with Gasteiger partial charge in [-0.3, -0.25) is 14.9 Å². The van der Waals surface area contributed by atoms with Crippen LogP contribution in [0.15, 0.2) is 60.7 Å².